The first-order chi connectivity index (χ1) is 10.1. The van der Waals surface area contributed by atoms with Gasteiger partial charge < -0.3 is 10.6 Å². The number of carbonyl (C=O) groups is 1. The van der Waals surface area contributed by atoms with Gasteiger partial charge in [-0.3, -0.25) is 14.9 Å². The Morgan fingerprint density at radius 2 is 2.29 bits per heavy atom. The van der Waals surface area contributed by atoms with Gasteiger partial charge in [0.25, 0.3) is 5.69 Å². The third-order valence-electron chi connectivity index (χ3n) is 3.86. The van der Waals surface area contributed by atoms with Crippen LogP contribution in [0.15, 0.2) is 12.1 Å². The van der Waals surface area contributed by atoms with Crippen molar-refractivity contribution in [1.29, 1.82) is 0 Å². The molecule has 21 heavy (non-hydrogen) atoms. The second-order valence-electron chi connectivity index (χ2n) is 5.35. The van der Waals surface area contributed by atoms with Crippen molar-refractivity contribution in [3.63, 3.8) is 0 Å². The molecule has 6 nitrogen and oxygen atoms in total. The van der Waals surface area contributed by atoms with Gasteiger partial charge in [-0.15, -0.1) is 0 Å². The number of nitrogens with one attached hydrogen (secondary N) is 2. The van der Waals surface area contributed by atoms with Gasteiger partial charge in [0.15, 0.2) is 0 Å². The van der Waals surface area contributed by atoms with E-state index in [-0.39, 0.29) is 11.6 Å². The molecule has 0 radical (unpaired) electrons. The number of nitro groups is 1. The van der Waals surface area contributed by atoms with Gasteiger partial charge >= 0.3 is 0 Å². The van der Waals surface area contributed by atoms with Crippen molar-refractivity contribution in [2.24, 2.45) is 0 Å². The first kappa shape index (κ1) is 14.2. The van der Waals surface area contributed by atoms with Gasteiger partial charge in [0.05, 0.1) is 10.6 Å². The zero-order chi connectivity index (χ0) is 14.8. The number of rotatable bonds is 4. The lowest BCUT2D eigenvalue weighted by Gasteiger charge is -2.19. The molecular weight excluding hydrogens is 290 g/mol. The molecule has 2 heterocycles. The molecule has 1 atom stereocenters. The summed E-state index contributed by atoms with van der Waals surface area (Å²) in [5, 5.41) is 17.7. The number of thioether (sulfide) groups is 1. The van der Waals surface area contributed by atoms with Gasteiger partial charge in [0.2, 0.25) is 5.91 Å². The Labute approximate surface area is 126 Å². The molecule has 1 aromatic carbocycles. The van der Waals surface area contributed by atoms with Crippen LogP contribution in [-0.2, 0) is 11.2 Å². The number of amides is 1. The number of anilines is 2. The Kier molecular flexibility index (Phi) is 4.01. The molecule has 1 amide bonds. The molecule has 112 valence electrons. The highest BCUT2D eigenvalue weighted by molar-refractivity contribution is 8.00. The molecule has 3 rings (SSSR count). The average Bonchev–Trinajstić information content (AvgIpc) is 2.97. The van der Waals surface area contributed by atoms with Crippen LogP contribution in [0.1, 0.15) is 24.8 Å². The van der Waals surface area contributed by atoms with Crippen molar-refractivity contribution in [3.8, 4) is 0 Å². The minimum Gasteiger partial charge on any atom is -0.378 e. The number of hydrogen-bond donors (Lipinski definition) is 2. The Morgan fingerprint density at radius 1 is 1.43 bits per heavy atom. The number of fused-ring (bicyclic) bond motifs is 1. The van der Waals surface area contributed by atoms with Crippen LogP contribution in [0, 0.1) is 10.1 Å². The molecule has 1 saturated heterocycles. The summed E-state index contributed by atoms with van der Waals surface area (Å²) in [7, 11) is 0. The Balaban J connectivity index is 1.83. The largest absolute Gasteiger partial charge is 0.378 e. The monoisotopic (exact) mass is 307 g/mol. The lowest BCUT2D eigenvalue weighted by molar-refractivity contribution is -0.383. The number of carbonyl (C=O) groups excluding carboxylic acids is 1. The summed E-state index contributed by atoms with van der Waals surface area (Å²) >= 11 is 1.92. The molecule has 1 aromatic rings. The summed E-state index contributed by atoms with van der Waals surface area (Å²) in [5.41, 5.74) is 2.11. The Morgan fingerprint density at radius 3 is 3.00 bits per heavy atom. The topological polar surface area (TPSA) is 84.3 Å². The maximum absolute atomic E-state index is 11.4. The number of nitrogens with zero attached hydrogens (tertiary/aromatic N) is 1. The van der Waals surface area contributed by atoms with Crippen LogP contribution in [0.2, 0.25) is 0 Å². The fourth-order valence-corrected chi connectivity index (χ4v) is 3.94. The van der Waals surface area contributed by atoms with Crippen molar-refractivity contribution in [2.45, 2.75) is 30.9 Å². The fourth-order valence-electron chi connectivity index (χ4n) is 2.74. The second-order valence-corrected chi connectivity index (χ2v) is 6.76. The zero-order valence-corrected chi connectivity index (χ0v) is 12.4. The van der Waals surface area contributed by atoms with E-state index in [0.29, 0.717) is 29.5 Å². The highest BCUT2D eigenvalue weighted by Gasteiger charge is 2.23. The normalized spacial score (nSPS) is 20.8. The minimum absolute atomic E-state index is 0.0268. The van der Waals surface area contributed by atoms with Crippen molar-refractivity contribution in [1.82, 2.24) is 0 Å². The van der Waals surface area contributed by atoms with Gasteiger partial charge in [0, 0.05) is 24.3 Å². The molecule has 0 saturated carbocycles. The molecule has 0 aromatic heterocycles. The highest BCUT2D eigenvalue weighted by atomic mass is 32.2. The zero-order valence-electron chi connectivity index (χ0n) is 11.6. The Hall–Kier alpha value is -1.76. The summed E-state index contributed by atoms with van der Waals surface area (Å²) in [4.78, 5) is 22.2. The van der Waals surface area contributed by atoms with Crippen molar-refractivity contribution in [2.75, 3.05) is 22.9 Å². The number of nitro benzene ring substituents is 1. The first-order valence-electron chi connectivity index (χ1n) is 7.10. The number of hydrogen-bond acceptors (Lipinski definition) is 5. The van der Waals surface area contributed by atoms with E-state index in [9.17, 15) is 14.9 Å². The van der Waals surface area contributed by atoms with Gasteiger partial charge in [-0.1, -0.05) is 0 Å². The van der Waals surface area contributed by atoms with Crippen LogP contribution in [0.3, 0.4) is 0 Å². The molecule has 7 heteroatoms. The van der Waals surface area contributed by atoms with Crippen LogP contribution in [-0.4, -0.2) is 28.4 Å². The van der Waals surface area contributed by atoms with Gasteiger partial charge in [-0.05, 0) is 36.6 Å². The van der Waals surface area contributed by atoms with Crippen molar-refractivity contribution < 1.29 is 9.72 Å². The smallest absolute Gasteiger partial charge is 0.294 e. The molecule has 0 spiro atoms. The SMILES string of the molecule is O=C1CCc2cc(NCC3CCCS3)c([N+](=O)[O-])cc2N1. The number of aryl methyl sites for hydroxylation is 1. The third kappa shape index (κ3) is 3.12. The third-order valence-corrected chi connectivity index (χ3v) is 5.26. The van der Waals surface area contributed by atoms with E-state index in [2.05, 4.69) is 10.6 Å². The van der Waals surface area contributed by atoms with Gasteiger partial charge in [0.1, 0.15) is 5.69 Å². The van der Waals surface area contributed by atoms with Crippen LogP contribution in [0.25, 0.3) is 0 Å². The van der Waals surface area contributed by atoms with E-state index >= 15 is 0 Å². The second kappa shape index (κ2) is 5.93. The molecule has 2 aliphatic rings. The number of benzene rings is 1. The van der Waals surface area contributed by atoms with E-state index < -0.39 is 4.92 Å². The average molecular weight is 307 g/mol. The van der Waals surface area contributed by atoms with E-state index in [4.69, 9.17) is 0 Å². The van der Waals surface area contributed by atoms with Crippen LogP contribution in [0.4, 0.5) is 17.1 Å². The summed E-state index contributed by atoms with van der Waals surface area (Å²) in [6.45, 7) is 0.747. The van der Waals surface area contributed by atoms with Gasteiger partial charge in [-0.25, -0.2) is 0 Å². The molecule has 0 aliphatic carbocycles. The minimum atomic E-state index is -0.398. The molecule has 1 unspecified atom stereocenters. The summed E-state index contributed by atoms with van der Waals surface area (Å²) < 4.78 is 0. The standard InChI is InChI=1S/C14H17N3O3S/c18-14-4-3-9-6-12(15-8-10-2-1-5-21-10)13(17(19)20)7-11(9)16-14/h6-7,10,15H,1-5,8H2,(H,16,18). The summed E-state index contributed by atoms with van der Waals surface area (Å²) in [6, 6.07) is 3.28. The summed E-state index contributed by atoms with van der Waals surface area (Å²) in [6.07, 6.45) is 3.44. The molecule has 0 bridgehead atoms. The lowest BCUT2D eigenvalue weighted by atomic mass is 10.0. The van der Waals surface area contributed by atoms with Crippen molar-refractivity contribution >= 4 is 34.7 Å². The Bertz CT molecular complexity index is 585. The van der Waals surface area contributed by atoms with E-state index in [0.717, 1.165) is 18.5 Å². The van der Waals surface area contributed by atoms with Crippen LogP contribution < -0.4 is 10.6 Å². The van der Waals surface area contributed by atoms with E-state index in [1.165, 1.54) is 18.2 Å². The quantitative estimate of drug-likeness (QED) is 0.660. The van der Waals surface area contributed by atoms with Crippen LogP contribution >= 0.6 is 11.8 Å². The fraction of sp³-hybridized carbons (Fsp3) is 0.500. The molecule has 2 aliphatic heterocycles. The predicted molar refractivity (Wildman–Crippen MR) is 84.0 cm³/mol. The lowest BCUT2D eigenvalue weighted by Crippen LogP contribution is -2.20. The summed E-state index contributed by atoms with van der Waals surface area (Å²) in [5.74, 6) is 1.09. The maximum Gasteiger partial charge on any atom is 0.294 e. The highest BCUT2D eigenvalue weighted by Crippen LogP contribution is 2.35. The molecular formula is C14H17N3O3S. The van der Waals surface area contributed by atoms with Crippen molar-refractivity contribution in [3.05, 3.63) is 27.8 Å². The molecule has 1 fully saturated rings. The maximum atomic E-state index is 11.4. The molecule has 2 N–H and O–H groups in total. The van der Waals surface area contributed by atoms with Gasteiger partial charge in [-0.2, -0.15) is 11.8 Å². The predicted octanol–water partition coefficient (Wildman–Crippen LogP) is 2.79. The van der Waals surface area contributed by atoms with E-state index in [1.807, 2.05) is 17.8 Å². The van der Waals surface area contributed by atoms with E-state index in [1.54, 1.807) is 0 Å². The van der Waals surface area contributed by atoms with Crippen LogP contribution in [0.5, 0.6) is 0 Å². The first-order valence-corrected chi connectivity index (χ1v) is 8.15.